The maximum atomic E-state index is 13.7. The van der Waals surface area contributed by atoms with Crippen LogP contribution in [0.15, 0.2) is 12.1 Å². The number of methoxy groups -OCH3 is 2. The van der Waals surface area contributed by atoms with Crippen molar-refractivity contribution in [3.63, 3.8) is 0 Å². The predicted molar refractivity (Wildman–Crippen MR) is 66.4 cm³/mol. The molecule has 0 fully saturated rings. The molecular weight excluding hydrogens is 221 g/mol. The molecule has 0 amide bonds. The predicted octanol–water partition coefficient (Wildman–Crippen LogP) is 2.34. The molecular formula is C13H20FNO2. The van der Waals surface area contributed by atoms with Gasteiger partial charge in [0.2, 0.25) is 0 Å². The van der Waals surface area contributed by atoms with Gasteiger partial charge in [0.05, 0.1) is 14.2 Å². The third kappa shape index (κ3) is 3.89. The molecule has 0 bridgehead atoms. The molecule has 0 unspecified atom stereocenters. The fraction of sp³-hybridized carbons (Fsp3) is 0.538. The van der Waals surface area contributed by atoms with E-state index in [1.807, 2.05) is 14.1 Å². The molecule has 0 saturated heterocycles. The van der Waals surface area contributed by atoms with E-state index < -0.39 is 0 Å². The van der Waals surface area contributed by atoms with E-state index in [1.54, 1.807) is 13.2 Å². The van der Waals surface area contributed by atoms with Crippen LogP contribution >= 0.6 is 0 Å². The normalized spacial score (nSPS) is 10.7. The second kappa shape index (κ2) is 6.45. The van der Waals surface area contributed by atoms with Crippen molar-refractivity contribution >= 4 is 0 Å². The van der Waals surface area contributed by atoms with E-state index >= 15 is 0 Å². The van der Waals surface area contributed by atoms with Gasteiger partial charge < -0.3 is 14.4 Å². The van der Waals surface area contributed by atoms with Crippen LogP contribution in [0.4, 0.5) is 4.39 Å². The molecule has 0 aliphatic heterocycles. The van der Waals surface area contributed by atoms with Gasteiger partial charge in [-0.25, -0.2) is 4.39 Å². The summed E-state index contributed by atoms with van der Waals surface area (Å²) in [5.41, 5.74) is 0.671. The molecule has 0 aliphatic rings. The zero-order valence-corrected chi connectivity index (χ0v) is 10.9. The van der Waals surface area contributed by atoms with Gasteiger partial charge >= 0.3 is 0 Å². The van der Waals surface area contributed by atoms with Crippen LogP contribution in [0, 0.1) is 5.82 Å². The molecule has 3 nitrogen and oxygen atoms in total. The van der Waals surface area contributed by atoms with Gasteiger partial charge in [-0.05, 0) is 45.1 Å². The number of rotatable bonds is 6. The van der Waals surface area contributed by atoms with Crippen LogP contribution in [0.5, 0.6) is 11.5 Å². The van der Waals surface area contributed by atoms with Gasteiger partial charge in [-0.2, -0.15) is 0 Å². The molecule has 0 N–H and O–H groups in total. The van der Waals surface area contributed by atoms with Crippen molar-refractivity contribution in [3.05, 3.63) is 23.5 Å². The first kappa shape index (κ1) is 13.8. The number of hydrogen-bond donors (Lipinski definition) is 0. The molecule has 0 atom stereocenters. The van der Waals surface area contributed by atoms with E-state index in [4.69, 9.17) is 9.47 Å². The average molecular weight is 241 g/mol. The first-order valence-electron chi connectivity index (χ1n) is 5.63. The summed E-state index contributed by atoms with van der Waals surface area (Å²) < 4.78 is 23.9. The molecule has 96 valence electrons. The van der Waals surface area contributed by atoms with Gasteiger partial charge in [0.1, 0.15) is 5.82 Å². The van der Waals surface area contributed by atoms with Gasteiger partial charge in [0.25, 0.3) is 0 Å². The summed E-state index contributed by atoms with van der Waals surface area (Å²) in [5.74, 6) is 0.775. The summed E-state index contributed by atoms with van der Waals surface area (Å²) in [4.78, 5) is 2.08. The summed E-state index contributed by atoms with van der Waals surface area (Å²) in [6.07, 6.45) is 1.61. The van der Waals surface area contributed by atoms with Crippen LogP contribution in [-0.4, -0.2) is 39.8 Å². The Morgan fingerprint density at radius 1 is 1.12 bits per heavy atom. The maximum absolute atomic E-state index is 13.7. The summed E-state index contributed by atoms with van der Waals surface area (Å²) in [7, 11) is 7.07. The van der Waals surface area contributed by atoms with Crippen LogP contribution in [-0.2, 0) is 6.42 Å². The lowest BCUT2D eigenvalue weighted by atomic mass is 10.1. The highest BCUT2D eigenvalue weighted by Crippen LogP contribution is 2.30. The fourth-order valence-corrected chi connectivity index (χ4v) is 1.67. The topological polar surface area (TPSA) is 21.7 Å². The smallest absolute Gasteiger partial charge is 0.163 e. The lowest BCUT2D eigenvalue weighted by Gasteiger charge is -2.12. The molecule has 0 aliphatic carbocycles. The Bertz CT molecular complexity index is 367. The summed E-state index contributed by atoms with van der Waals surface area (Å²) in [6.45, 7) is 0.938. The average Bonchev–Trinajstić information content (AvgIpc) is 2.30. The van der Waals surface area contributed by atoms with E-state index in [2.05, 4.69) is 4.90 Å². The van der Waals surface area contributed by atoms with E-state index in [-0.39, 0.29) is 5.82 Å². The van der Waals surface area contributed by atoms with Gasteiger partial charge in [0.15, 0.2) is 11.5 Å². The first-order valence-corrected chi connectivity index (χ1v) is 5.63. The van der Waals surface area contributed by atoms with Crippen LogP contribution in [0.25, 0.3) is 0 Å². The van der Waals surface area contributed by atoms with Crippen molar-refractivity contribution < 1.29 is 13.9 Å². The third-order valence-corrected chi connectivity index (χ3v) is 2.60. The van der Waals surface area contributed by atoms with Crippen molar-refractivity contribution in [2.45, 2.75) is 12.8 Å². The second-order valence-electron chi connectivity index (χ2n) is 4.21. The molecule has 0 heterocycles. The molecule has 1 aromatic carbocycles. The quantitative estimate of drug-likeness (QED) is 0.763. The highest BCUT2D eigenvalue weighted by atomic mass is 19.1. The molecule has 1 aromatic rings. The van der Waals surface area contributed by atoms with Crippen LogP contribution in [0.2, 0.25) is 0 Å². The van der Waals surface area contributed by atoms with E-state index in [1.165, 1.54) is 13.2 Å². The van der Waals surface area contributed by atoms with Gasteiger partial charge in [-0.3, -0.25) is 0 Å². The Labute approximate surface area is 102 Å². The highest BCUT2D eigenvalue weighted by molar-refractivity contribution is 5.43. The molecule has 17 heavy (non-hydrogen) atoms. The van der Waals surface area contributed by atoms with Gasteiger partial charge in [0, 0.05) is 6.07 Å². The van der Waals surface area contributed by atoms with E-state index in [0.717, 1.165) is 13.0 Å². The summed E-state index contributed by atoms with van der Waals surface area (Å²) >= 11 is 0. The molecule has 1 rings (SSSR count). The zero-order valence-electron chi connectivity index (χ0n) is 10.9. The Hall–Kier alpha value is -1.29. The minimum atomic E-state index is -0.235. The van der Waals surface area contributed by atoms with Crippen molar-refractivity contribution in [2.75, 3.05) is 34.9 Å². The van der Waals surface area contributed by atoms with E-state index in [0.29, 0.717) is 23.5 Å². The standard InChI is InChI=1S/C13H20FNO2/c1-15(2)7-5-6-10-8-12(16-3)13(17-4)9-11(10)14/h8-9H,5-7H2,1-4H3. The van der Waals surface area contributed by atoms with Crippen LogP contribution < -0.4 is 9.47 Å². The first-order chi connectivity index (χ1) is 8.08. The number of hydrogen-bond acceptors (Lipinski definition) is 3. The number of ether oxygens (including phenoxy) is 2. The monoisotopic (exact) mass is 241 g/mol. The van der Waals surface area contributed by atoms with Crippen molar-refractivity contribution in [1.82, 2.24) is 4.90 Å². The molecule has 0 aromatic heterocycles. The van der Waals surface area contributed by atoms with Crippen molar-refractivity contribution in [2.24, 2.45) is 0 Å². The maximum Gasteiger partial charge on any atom is 0.163 e. The Kier molecular flexibility index (Phi) is 5.22. The number of benzene rings is 1. The number of nitrogens with zero attached hydrogens (tertiary/aromatic N) is 1. The lowest BCUT2D eigenvalue weighted by molar-refractivity contribution is 0.351. The Balaban J connectivity index is 2.78. The van der Waals surface area contributed by atoms with Crippen LogP contribution in [0.1, 0.15) is 12.0 Å². The second-order valence-corrected chi connectivity index (χ2v) is 4.21. The molecule has 0 saturated carbocycles. The van der Waals surface area contributed by atoms with Crippen molar-refractivity contribution in [1.29, 1.82) is 0 Å². The lowest BCUT2D eigenvalue weighted by Crippen LogP contribution is -2.13. The largest absolute Gasteiger partial charge is 0.493 e. The highest BCUT2D eigenvalue weighted by Gasteiger charge is 2.10. The van der Waals surface area contributed by atoms with E-state index in [9.17, 15) is 4.39 Å². The SMILES string of the molecule is COc1cc(F)c(CCCN(C)C)cc1OC. The van der Waals surface area contributed by atoms with Gasteiger partial charge in [-0.1, -0.05) is 0 Å². The Morgan fingerprint density at radius 3 is 2.24 bits per heavy atom. The van der Waals surface area contributed by atoms with Crippen molar-refractivity contribution in [3.8, 4) is 11.5 Å². The molecule has 0 radical (unpaired) electrons. The summed E-state index contributed by atoms with van der Waals surface area (Å²) in [6, 6.07) is 3.09. The third-order valence-electron chi connectivity index (χ3n) is 2.60. The molecule has 0 spiro atoms. The minimum Gasteiger partial charge on any atom is -0.493 e. The number of halogens is 1. The van der Waals surface area contributed by atoms with Crippen LogP contribution in [0.3, 0.4) is 0 Å². The zero-order chi connectivity index (χ0) is 12.8. The Morgan fingerprint density at radius 2 is 1.71 bits per heavy atom. The number of aryl methyl sites for hydroxylation is 1. The summed E-state index contributed by atoms with van der Waals surface area (Å²) in [5, 5.41) is 0. The van der Waals surface area contributed by atoms with Gasteiger partial charge in [-0.15, -0.1) is 0 Å². The fourth-order valence-electron chi connectivity index (χ4n) is 1.67. The minimum absolute atomic E-state index is 0.235. The molecule has 4 heteroatoms.